The molecule has 0 aromatic carbocycles. The fourth-order valence-corrected chi connectivity index (χ4v) is 3.79. The van der Waals surface area contributed by atoms with E-state index in [1.54, 1.807) is 0 Å². The van der Waals surface area contributed by atoms with Crippen LogP contribution in [0.3, 0.4) is 0 Å². The van der Waals surface area contributed by atoms with Crippen LogP contribution in [0.4, 0.5) is 0 Å². The standard InChI is InChI=1S/C16H33N3/c1-4-19-11-10-18(13-15(19)3)9-8-17-16-7-5-6-14(2)12-16/h14-17H,4-13H2,1-3H3. The zero-order chi connectivity index (χ0) is 13.7. The Morgan fingerprint density at radius 3 is 2.68 bits per heavy atom. The van der Waals surface area contributed by atoms with Gasteiger partial charge in [-0.3, -0.25) is 9.80 Å². The second-order valence-corrected chi connectivity index (χ2v) is 6.70. The van der Waals surface area contributed by atoms with Crippen molar-refractivity contribution in [3.8, 4) is 0 Å². The Morgan fingerprint density at radius 2 is 2.00 bits per heavy atom. The summed E-state index contributed by atoms with van der Waals surface area (Å²) in [5.41, 5.74) is 0. The molecule has 1 saturated heterocycles. The first kappa shape index (κ1) is 15.3. The Labute approximate surface area is 119 Å². The van der Waals surface area contributed by atoms with Crippen LogP contribution in [0.5, 0.6) is 0 Å². The molecule has 3 nitrogen and oxygen atoms in total. The summed E-state index contributed by atoms with van der Waals surface area (Å²) in [4.78, 5) is 5.23. The number of rotatable bonds is 5. The van der Waals surface area contributed by atoms with Crippen LogP contribution >= 0.6 is 0 Å². The Hall–Kier alpha value is -0.120. The maximum Gasteiger partial charge on any atom is 0.0195 e. The van der Waals surface area contributed by atoms with Crippen LogP contribution in [-0.2, 0) is 0 Å². The SMILES string of the molecule is CCN1CCN(CCNC2CCCC(C)C2)CC1C. The maximum absolute atomic E-state index is 3.78. The molecule has 0 radical (unpaired) electrons. The summed E-state index contributed by atoms with van der Waals surface area (Å²) in [7, 11) is 0. The molecule has 0 aromatic rings. The van der Waals surface area contributed by atoms with Crippen molar-refractivity contribution in [1.29, 1.82) is 0 Å². The highest BCUT2D eigenvalue weighted by Gasteiger charge is 2.22. The Morgan fingerprint density at radius 1 is 1.16 bits per heavy atom. The molecule has 3 unspecified atom stereocenters. The monoisotopic (exact) mass is 267 g/mol. The number of piperazine rings is 1. The fraction of sp³-hybridized carbons (Fsp3) is 1.00. The van der Waals surface area contributed by atoms with E-state index in [9.17, 15) is 0 Å². The molecular formula is C16H33N3. The van der Waals surface area contributed by atoms with E-state index < -0.39 is 0 Å². The third-order valence-electron chi connectivity index (χ3n) is 5.05. The number of nitrogens with zero attached hydrogens (tertiary/aromatic N) is 2. The molecule has 2 aliphatic rings. The van der Waals surface area contributed by atoms with Crippen molar-refractivity contribution in [3.63, 3.8) is 0 Å². The second kappa shape index (κ2) is 7.61. The first-order chi connectivity index (χ1) is 9.19. The molecule has 0 bridgehead atoms. The highest BCUT2D eigenvalue weighted by Crippen LogP contribution is 2.23. The molecule has 0 spiro atoms. The van der Waals surface area contributed by atoms with Gasteiger partial charge in [0.25, 0.3) is 0 Å². The third kappa shape index (κ3) is 4.73. The summed E-state index contributed by atoms with van der Waals surface area (Å²) in [6.45, 7) is 14.4. The van der Waals surface area contributed by atoms with Gasteiger partial charge in [0.05, 0.1) is 0 Å². The molecule has 1 heterocycles. The summed E-state index contributed by atoms with van der Waals surface area (Å²) in [5, 5.41) is 3.78. The first-order valence-corrected chi connectivity index (χ1v) is 8.38. The predicted molar refractivity (Wildman–Crippen MR) is 82.6 cm³/mol. The van der Waals surface area contributed by atoms with E-state index in [4.69, 9.17) is 0 Å². The molecule has 2 fully saturated rings. The van der Waals surface area contributed by atoms with E-state index in [0.717, 1.165) is 18.0 Å². The van der Waals surface area contributed by atoms with E-state index in [1.807, 2.05) is 0 Å². The zero-order valence-corrected chi connectivity index (χ0v) is 13.2. The number of hydrogen-bond donors (Lipinski definition) is 1. The van der Waals surface area contributed by atoms with Crippen LogP contribution in [0.1, 0.15) is 46.5 Å². The van der Waals surface area contributed by atoms with E-state index in [1.165, 1.54) is 65.0 Å². The number of nitrogens with one attached hydrogen (secondary N) is 1. The number of likely N-dealkylation sites (N-methyl/N-ethyl adjacent to an activating group) is 1. The van der Waals surface area contributed by atoms with Gasteiger partial charge in [0.2, 0.25) is 0 Å². The summed E-state index contributed by atoms with van der Waals surface area (Å²) >= 11 is 0. The summed E-state index contributed by atoms with van der Waals surface area (Å²) in [6, 6.07) is 1.52. The van der Waals surface area contributed by atoms with Crippen LogP contribution < -0.4 is 5.32 Å². The predicted octanol–water partition coefficient (Wildman–Crippen LogP) is 2.18. The topological polar surface area (TPSA) is 18.5 Å². The van der Waals surface area contributed by atoms with Crippen LogP contribution in [0.25, 0.3) is 0 Å². The van der Waals surface area contributed by atoms with Crippen molar-refractivity contribution in [2.75, 3.05) is 39.3 Å². The largest absolute Gasteiger partial charge is 0.313 e. The smallest absolute Gasteiger partial charge is 0.0195 e. The normalized spacial score (nSPS) is 34.6. The molecule has 3 atom stereocenters. The van der Waals surface area contributed by atoms with Crippen LogP contribution in [0.2, 0.25) is 0 Å². The van der Waals surface area contributed by atoms with Crippen molar-refractivity contribution in [3.05, 3.63) is 0 Å². The average molecular weight is 267 g/mol. The van der Waals surface area contributed by atoms with Gasteiger partial charge in [-0.05, 0) is 32.2 Å². The minimum absolute atomic E-state index is 0.730. The molecule has 1 aliphatic heterocycles. The molecule has 3 heteroatoms. The van der Waals surface area contributed by atoms with Gasteiger partial charge in [0.1, 0.15) is 0 Å². The summed E-state index contributed by atoms with van der Waals surface area (Å²) in [6.07, 6.45) is 5.64. The van der Waals surface area contributed by atoms with E-state index in [-0.39, 0.29) is 0 Å². The summed E-state index contributed by atoms with van der Waals surface area (Å²) in [5.74, 6) is 0.930. The minimum atomic E-state index is 0.730. The van der Waals surface area contributed by atoms with E-state index >= 15 is 0 Å². The van der Waals surface area contributed by atoms with Crippen LogP contribution in [-0.4, -0.2) is 61.2 Å². The Kier molecular flexibility index (Phi) is 6.11. The fourth-order valence-electron chi connectivity index (χ4n) is 3.79. The lowest BCUT2D eigenvalue weighted by atomic mass is 9.87. The van der Waals surface area contributed by atoms with Crippen molar-refractivity contribution in [2.45, 2.75) is 58.5 Å². The maximum atomic E-state index is 3.78. The van der Waals surface area contributed by atoms with Crippen molar-refractivity contribution < 1.29 is 0 Å². The third-order valence-corrected chi connectivity index (χ3v) is 5.05. The lowest BCUT2D eigenvalue weighted by molar-refractivity contribution is 0.0876. The van der Waals surface area contributed by atoms with E-state index in [2.05, 4.69) is 35.9 Å². The molecule has 1 N–H and O–H groups in total. The zero-order valence-electron chi connectivity index (χ0n) is 13.2. The molecular weight excluding hydrogens is 234 g/mol. The highest BCUT2D eigenvalue weighted by atomic mass is 15.3. The van der Waals surface area contributed by atoms with Crippen molar-refractivity contribution in [2.24, 2.45) is 5.92 Å². The van der Waals surface area contributed by atoms with Gasteiger partial charge < -0.3 is 5.32 Å². The quantitative estimate of drug-likeness (QED) is 0.824. The Bertz CT molecular complexity index is 256. The van der Waals surface area contributed by atoms with Gasteiger partial charge >= 0.3 is 0 Å². The Balaban J connectivity index is 1.61. The average Bonchev–Trinajstić information content (AvgIpc) is 2.39. The van der Waals surface area contributed by atoms with Crippen LogP contribution in [0.15, 0.2) is 0 Å². The van der Waals surface area contributed by atoms with Gasteiger partial charge in [-0.1, -0.05) is 26.7 Å². The van der Waals surface area contributed by atoms with E-state index in [0.29, 0.717) is 0 Å². The lowest BCUT2D eigenvalue weighted by Crippen LogP contribution is -2.53. The molecule has 1 saturated carbocycles. The first-order valence-electron chi connectivity index (χ1n) is 8.38. The molecule has 1 aliphatic carbocycles. The van der Waals surface area contributed by atoms with Crippen molar-refractivity contribution in [1.82, 2.24) is 15.1 Å². The highest BCUT2D eigenvalue weighted by molar-refractivity contribution is 4.80. The molecule has 0 amide bonds. The number of hydrogen-bond acceptors (Lipinski definition) is 3. The lowest BCUT2D eigenvalue weighted by Gasteiger charge is -2.39. The molecule has 0 aromatic heterocycles. The molecule has 19 heavy (non-hydrogen) atoms. The van der Waals surface area contributed by atoms with Gasteiger partial charge in [-0.25, -0.2) is 0 Å². The summed E-state index contributed by atoms with van der Waals surface area (Å²) < 4.78 is 0. The minimum Gasteiger partial charge on any atom is -0.313 e. The van der Waals surface area contributed by atoms with Crippen LogP contribution in [0, 0.1) is 5.92 Å². The second-order valence-electron chi connectivity index (χ2n) is 6.70. The van der Waals surface area contributed by atoms with Gasteiger partial charge in [-0.2, -0.15) is 0 Å². The molecule has 2 rings (SSSR count). The van der Waals surface area contributed by atoms with Gasteiger partial charge in [-0.15, -0.1) is 0 Å². The molecule has 112 valence electrons. The van der Waals surface area contributed by atoms with Gasteiger partial charge in [0, 0.05) is 44.8 Å². The van der Waals surface area contributed by atoms with Gasteiger partial charge in [0.15, 0.2) is 0 Å². The van der Waals surface area contributed by atoms with Crippen molar-refractivity contribution >= 4 is 0 Å².